The first-order chi connectivity index (χ1) is 6.06. The van der Waals surface area contributed by atoms with Crippen molar-refractivity contribution in [1.82, 2.24) is 4.98 Å². The summed E-state index contributed by atoms with van der Waals surface area (Å²) in [7, 11) is 0. The summed E-state index contributed by atoms with van der Waals surface area (Å²) in [5.41, 5.74) is -1.41. The molecule has 0 aliphatic rings. The van der Waals surface area contributed by atoms with E-state index in [0.29, 0.717) is 6.29 Å². The van der Waals surface area contributed by atoms with Crippen molar-refractivity contribution >= 4 is 28.9 Å². The van der Waals surface area contributed by atoms with Gasteiger partial charge in [0, 0.05) is 9.64 Å². The third-order valence-electron chi connectivity index (χ3n) is 1.40. The van der Waals surface area contributed by atoms with E-state index < -0.39 is 17.7 Å². The molecule has 3 nitrogen and oxygen atoms in total. The third-order valence-corrected chi connectivity index (χ3v) is 2.29. The molecule has 0 aromatic carbocycles. The van der Waals surface area contributed by atoms with E-state index in [0.717, 1.165) is 6.07 Å². The maximum atomic E-state index is 12.2. The predicted octanol–water partition coefficient (Wildman–Crippen LogP) is 1.73. The number of aromatic nitrogens is 1. The van der Waals surface area contributed by atoms with Crippen LogP contribution in [-0.4, -0.2) is 11.3 Å². The largest absolute Gasteiger partial charge is 0.320 e. The van der Waals surface area contributed by atoms with Crippen LogP contribution >= 0.6 is 22.6 Å². The molecule has 0 unspecified atom stereocenters. The van der Waals surface area contributed by atoms with Crippen molar-refractivity contribution in [2.75, 3.05) is 0 Å². The van der Waals surface area contributed by atoms with Gasteiger partial charge in [-0.1, -0.05) is 0 Å². The summed E-state index contributed by atoms with van der Waals surface area (Å²) >= 11 is 1.66. The van der Waals surface area contributed by atoms with E-state index >= 15 is 0 Å². The quantitative estimate of drug-likeness (QED) is 0.668. The molecular formula is C7H4F2INO2. The Morgan fingerprint density at radius 2 is 2.15 bits per heavy atom. The van der Waals surface area contributed by atoms with Crippen LogP contribution < -0.4 is 5.56 Å². The lowest BCUT2D eigenvalue weighted by molar-refractivity contribution is 0.110. The summed E-state index contributed by atoms with van der Waals surface area (Å²) in [5.74, 6) is 0. The van der Waals surface area contributed by atoms with Crippen LogP contribution in [0, 0.1) is 3.57 Å². The van der Waals surface area contributed by atoms with E-state index in [1.165, 1.54) is 0 Å². The number of aldehydes is 1. The highest BCUT2D eigenvalue weighted by molar-refractivity contribution is 14.1. The number of carbonyl (C=O) groups is 1. The molecule has 70 valence electrons. The van der Waals surface area contributed by atoms with Crippen LogP contribution in [-0.2, 0) is 0 Å². The van der Waals surface area contributed by atoms with Gasteiger partial charge in [-0.3, -0.25) is 9.59 Å². The van der Waals surface area contributed by atoms with Crippen LogP contribution in [0.5, 0.6) is 0 Å². The number of hydrogen-bond acceptors (Lipinski definition) is 2. The fourth-order valence-electron chi connectivity index (χ4n) is 0.850. The molecule has 0 bridgehead atoms. The van der Waals surface area contributed by atoms with E-state index in [9.17, 15) is 18.4 Å². The lowest BCUT2D eigenvalue weighted by Gasteiger charge is -2.03. The summed E-state index contributed by atoms with van der Waals surface area (Å²) in [4.78, 5) is 23.1. The molecule has 0 saturated heterocycles. The Bertz CT molecular complexity index is 389. The Labute approximate surface area is 85.3 Å². The van der Waals surface area contributed by atoms with Gasteiger partial charge in [0.15, 0.2) is 6.29 Å². The van der Waals surface area contributed by atoms with Crippen LogP contribution in [0.15, 0.2) is 10.9 Å². The van der Waals surface area contributed by atoms with Crippen molar-refractivity contribution in [2.45, 2.75) is 6.43 Å². The van der Waals surface area contributed by atoms with Gasteiger partial charge in [0.2, 0.25) is 5.56 Å². The van der Waals surface area contributed by atoms with Gasteiger partial charge in [-0.15, -0.1) is 0 Å². The standard InChI is InChI=1S/C7H4F2INO2/c8-7(9)6-3(2-12)4(10)1-5(13)11-6/h1-2,7H,(H,11,13). The summed E-state index contributed by atoms with van der Waals surface area (Å²) in [6, 6.07) is 1.09. The minimum atomic E-state index is -2.84. The van der Waals surface area contributed by atoms with Crippen LogP contribution in [0.25, 0.3) is 0 Å². The summed E-state index contributed by atoms with van der Waals surface area (Å²) < 4.78 is 24.7. The zero-order valence-corrected chi connectivity index (χ0v) is 8.34. The van der Waals surface area contributed by atoms with Crippen molar-refractivity contribution in [1.29, 1.82) is 0 Å². The molecule has 0 amide bonds. The summed E-state index contributed by atoms with van der Waals surface area (Å²) in [5, 5.41) is 0. The van der Waals surface area contributed by atoms with Gasteiger partial charge in [-0.25, -0.2) is 8.78 Å². The second-order valence-corrected chi connectivity index (χ2v) is 3.39. The first-order valence-electron chi connectivity index (χ1n) is 3.22. The highest BCUT2D eigenvalue weighted by atomic mass is 127. The zero-order chi connectivity index (χ0) is 10.0. The molecule has 0 atom stereocenters. The lowest BCUT2D eigenvalue weighted by atomic mass is 10.2. The molecule has 13 heavy (non-hydrogen) atoms. The van der Waals surface area contributed by atoms with E-state index in [1.807, 2.05) is 4.98 Å². The topological polar surface area (TPSA) is 49.9 Å². The molecule has 6 heteroatoms. The van der Waals surface area contributed by atoms with Crippen LogP contribution in [0.1, 0.15) is 22.5 Å². The fraction of sp³-hybridized carbons (Fsp3) is 0.143. The van der Waals surface area contributed by atoms with Gasteiger partial charge in [0.25, 0.3) is 6.43 Å². The van der Waals surface area contributed by atoms with Crippen molar-refractivity contribution in [2.24, 2.45) is 0 Å². The predicted molar refractivity (Wildman–Crippen MR) is 50.1 cm³/mol. The molecular weight excluding hydrogens is 295 g/mol. The van der Waals surface area contributed by atoms with Gasteiger partial charge < -0.3 is 4.98 Å². The van der Waals surface area contributed by atoms with E-state index in [1.54, 1.807) is 22.6 Å². The second-order valence-electron chi connectivity index (χ2n) is 2.23. The molecule has 1 N–H and O–H groups in total. The maximum Gasteiger partial charge on any atom is 0.279 e. The van der Waals surface area contributed by atoms with Gasteiger partial charge >= 0.3 is 0 Å². The second kappa shape index (κ2) is 3.95. The number of halogens is 3. The highest BCUT2D eigenvalue weighted by Gasteiger charge is 2.16. The monoisotopic (exact) mass is 299 g/mol. The zero-order valence-electron chi connectivity index (χ0n) is 6.18. The average Bonchev–Trinajstić information content (AvgIpc) is 2.02. The highest BCUT2D eigenvalue weighted by Crippen LogP contribution is 2.21. The first kappa shape index (κ1) is 10.3. The molecule has 0 radical (unpaired) electrons. The minimum absolute atomic E-state index is 0.157. The van der Waals surface area contributed by atoms with Crippen LogP contribution in [0.4, 0.5) is 8.78 Å². The van der Waals surface area contributed by atoms with E-state index in [-0.39, 0.29) is 9.13 Å². The number of alkyl halides is 2. The molecule has 1 rings (SSSR count). The number of nitrogens with one attached hydrogen (secondary N) is 1. The normalized spacial score (nSPS) is 10.5. The molecule has 0 aliphatic heterocycles. The molecule has 1 aromatic rings. The van der Waals surface area contributed by atoms with E-state index in [2.05, 4.69) is 0 Å². The number of aromatic amines is 1. The molecule has 0 fully saturated rings. The third kappa shape index (κ3) is 2.11. The molecule has 0 aliphatic carbocycles. The molecule has 0 saturated carbocycles. The average molecular weight is 299 g/mol. The molecule has 1 aromatic heterocycles. The minimum Gasteiger partial charge on any atom is -0.320 e. The van der Waals surface area contributed by atoms with Crippen molar-refractivity contribution in [3.8, 4) is 0 Å². The Balaban J connectivity index is 3.47. The molecule has 1 heterocycles. The Kier molecular flexibility index (Phi) is 3.12. The van der Waals surface area contributed by atoms with Gasteiger partial charge in [0.05, 0.1) is 11.3 Å². The van der Waals surface area contributed by atoms with E-state index in [4.69, 9.17) is 0 Å². The SMILES string of the molecule is O=Cc1c(I)cc(=O)[nH]c1C(F)F. The number of rotatable bonds is 2. The summed E-state index contributed by atoms with van der Waals surface area (Å²) in [6.45, 7) is 0. The maximum absolute atomic E-state index is 12.2. The molecule has 0 spiro atoms. The summed E-state index contributed by atoms with van der Waals surface area (Å²) in [6.07, 6.45) is -2.54. The van der Waals surface area contributed by atoms with Crippen molar-refractivity contribution in [3.63, 3.8) is 0 Å². The van der Waals surface area contributed by atoms with Gasteiger partial charge in [-0.05, 0) is 22.6 Å². The first-order valence-corrected chi connectivity index (χ1v) is 4.30. The van der Waals surface area contributed by atoms with Crippen molar-refractivity contribution in [3.05, 3.63) is 31.2 Å². The Morgan fingerprint density at radius 1 is 1.54 bits per heavy atom. The van der Waals surface area contributed by atoms with Crippen LogP contribution in [0.3, 0.4) is 0 Å². The Morgan fingerprint density at radius 3 is 2.62 bits per heavy atom. The van der Waals surface area contributed by atoms with Gasteiger partial charge in [0.1, 0.15) is 0 Å². The number of H-pyrrole nitrogens is 1. The number of pyridine rings is 1. The van der Waals surface area contributed by atoms with Gasteiger partial charge in [-0.2, -0.15) is 0 Å². The number of carbonyl (C=O) groups excluding carboxylic acids is 1. The number of hydrogen-bond donors (Lipinski definition) is 1. The smallest absolute Gasteiger partial charge is 0.279 e. The van der Waals surface area contributed by atoms with Crippen molar-refractivity contribution < 1.29 is 13.6 Å². The lowest BCUT2D eigenvalue weighted by Crippen LogP contribution is -2.12. The van der Waals surface area contributed by atoms with Crippen LogP contribution in [0.2, 0.25) is 0 Å². The Hall–Kier alpha value is -0.790. The fourth-order valence-corrected chi connectivity index (χ4v) is 1.55.